The lowest BCUT2D eigenvalue weighted by Gasteiger charge is -2.08. The molecule has 0 radical (unpaired) electrons. The van der Waals surface area contributed by atoms with Crippen molar-refractivity contribution < 1.29 is 4.74 Å². The van der Waals surface area contributed by atoms with Crippen LogP contribution in [0.1, 0.15) is 26.2 Å². The Kier molecular flexibility index (Phi) is 8.31. The monoisotopic (exact) mass is 143 g/mol. The Morgan fingerprint density at radius 1 is 1.20 bits per heavy atom. The predicted octanol–water partition coefficient (Wildman–Crippen LogP) is 1.89. The van der Waals surface area contributed by atoms with Crippen LogP contribution in [-0.4, -0.2) is 26.5 Å². The van der Waals surface area contributed by atoms with E-state index in [4.69, 9.17) is 4.74 Å². The van der Waals surface area contributed by atoms with Crippen LogP contribution in [0.25, 0.3) is 0 Å². The summed E-state index contributed by atoms with van der Waals surface area (Å²) in [5.41, 5.74) is 0. The summed E-state index contributed by atoms with van der Waals surface area (Å²) in [6.45, 7) is 3.89. The molecular weight excluding hydrogens is 126 g/mol. The van der Waals surface area contributed by atoms with Crippen molar-refractivity contribution >= 4 is 6.21 Å². The Bertz CT molecular complexity index is 61.8. The molecule has 0 spiro atoms. The summed E-state index contributed by atoms with van der Waals surface area (Å²) in [5.74, 6) is 0. The van der Waals surface area contributed by atoms with E-state index < -0.39 is 0 Å². The van der Waals surface area contributed by atoms with Crippen molar-refractivity contribution in [1.82, 2.24) is 0 Å². The molecule has 1 fully saturated rings. The van der Waals surface area contributed by atoms with Crippen LogP contribution in [0.5, 0.6) is 0 Å². The average molecular weight is 143 g/mol. The minimum Gasteiger partial charge on any atom is -0.381 e. The minimum atomic E-state index is 1.00. The summed E-state index contributed by atoms with van der Waals surface area (Å²) in [6, 6.07) is 0. The number of ether oxygens (including phenoxy) is 1. The zero-order valence-corrected chi connectivity index (χ0v) is 6.97. The Balaban J connectivity index is 0.000000180. The van der Waals surface area contributed by atoms with E-state index >= 15 is 0 Å². The summed E-state index contributed by atoms with van der Waals surface area (Å²) in [6.07, 6.45) is 5.68. The first-order chi connectivity index (χ1) is 4.91. The van der Waals surface area contributed by atoms with Gasteiger partial charge in [0.1, 0.15) is 0 Å². The third kappa shape index (κ3) is 7.63. The van der Waals surface area contributed by atoms with Crippen molar-refractivity contribution in [2.24, 2.45) is 4.99 Å². The van der Waals surface area contributed by atoms with Crippen molar-refractivity contribution in [2.75, 3.05) is 20.3 Å². The fraction of sp³-hybridized carbons (Fsp3) is 0.875. The van der Waals surface area contributed by atoms with Gasteiger partial charge in [-0.05, 0) is 32.4 Å². The summed E-state index contributed by atoms with van der Waals surface area (Å²) < 4.78 is 5.07. The van der Waals surface area contributed by atoms with Crippen molar-refractivity contribution in [2.45, 2.75) is 26.2 Å². The Hall–Kier alpha value is -0.370. The van der Waals surface area contributed by atoms with E-state index in [2.05, 4.69) is 4.99 Å². The maximum absolute atomic E-state index is 5.07. The van der Waals surface area contributed by atoms with Crippen LogP contribution >= 0.6 is 0 Å². The highest BCUT2D eigenvalue weighted by Crippen LogP contribution is 2.02. The van der Waals surface area contributed by atoms with Crippen LogP contribution in [0.3, 0.4) is 0 Å². The van der Waals surface area contributed by atoms with Gasteiger partial charge in [0.2, 0.25) is 0 Å². The lowest BCUT2D eigenvalue weighted by Crippen LogP contribution is -2.03. The number of nitrogens with zero attached hydrogens (tertiary/aromatic N) is 1. The van der Waals surface area contributed by atoms with Gasteiger partial charge in [-0.3, -0.25) is 0 Å². The molecule has 0 amide bonds. The lowest BCUT2D eigenvalue weighted by atomic mass is 10.2. The SMILES string of the molecule is C1CCOCC1.CC=NC. The number of aliphatic imine (C=N–C) groups is 1. The predicted molar refractivity (Wildman–Crippen MR) is 44.8 cm³/mol. The molecule has 0 bridgehead atoms. The van der Waals surface area contributed by atoms with E-state index in [9.17, 15) is 0 Å². The van der Waals surface area contributed by atoms with Gasteiger partial charge in [-0.15, -0.1) is 0 Å². The molecule has 0 aromatic carbocycles. The minimum absolute atomic E-state index is 1.00. The fourth-order valence-electron chi connectivity index (χ4n) is 0.687. The molecule has 0 aromatic rings. The fourth-order valence-corrected chi connectivity index (χ4v) is 0.687. The second-order valence-corrected chi connectivity index (χ2v) is 2.19. The Morgan fingerprint density at radius 3 is 1.80 bits per heavy atom. The summed E-state index contributed by atoms with van der Waals surface area (Å²) in [5, 5.41) is 0. The number of rotatable bonds is 0. The van der Waals surface area contributed by atoms with E-state index in [0.29, 0.717) is 0 Å². The van der Waals surface area contributed by atoms with Crippen LogP contribution in [0.2, 0.25) is 0 Å². The molecule has 0 saturated carbocycles. The maximum atomic E-state index is 5.07. The van der Waals surface area contributed by atoms with Gasteiger partial charge in [0.05, 0.1) is 0 Å². The van der Waals surface area contributed by atoms with Crippen LogP contribution in [0, 0.1) is 0 Å². The normalized spacial score (nSPS) is 18.2. The second kappa shape index (κ2) is 8.63. The molecule has 1 heterocycles. The quantitative estimate of drug-likeness (QED) is 0.474. The van der Waals surface area contributed by atoms with Crippen LogP contribution < -0.4 is 0 Å². The van der Waals surface area contributed by atoms with Crippen LogP contribution in [0.15, 0.2) is 4.99 Å². The summed E-state index contributed by atoms with van der Waals surface area (Å²) in [7, 11) is 1.75. The van der Waals surface area contributed by atoms with Crippen molar-refractivity contribution in [3.63, 3.8) is 0 Å². The van der Waals surface area contributed by atoms with Gasteiger partial charge in [0, 0.05) is 20.3 Å². The van der Waals surface area contributed by atoms with E-state index in [1.54, 1.807) is 13.3 Å². The Morgan fingerprint density at radius 2 is 1.70 bits per heavy atom. The zero-order chi connectivity index (χ0) is 7.66. The molecule has 60 valence electrons. The molecule has 1 aliphatic rings. The summed E-state index contributed by atoms with van der Waals surface area (Å²) >= 11 is 0. The Labute approximate surface area is 63.3 Å². The van der Waals surface area contributed by atoms with Crippen LogP contribution in [0.4, 0.5) is 0 Å². The molecule has 2 heteroatoms. The van der Waals surface area contributed by atoms with E-state index in [1.807, 2.05) is 6.92 Å². The highest BCUT2D eigenvalue weighted by atomic mass is 16.5. The van der Waals surface area contributed by atoms with E-state index in [0.717, 1.165) is 13.2 Å². The van der Waals surface area contributed by atoms with Gasteiger partial charge < -0.3 is 9.73 Å². The number of hydrogen-bond acceptors (Lipinski definition) is 2. The zero-order valence-electron chi connectivity index (χ0n) is 6.97. The average Bonchev–Trinajstić information content (AvgIpc) is 2.08. The molecule has 0 N–H and O–H groups in total. The van der Waals surface area contributed by atoms with Crippen LogP contribution in [-0.2, 0) is 4.74 Å². The molecule has 1 saturated heterocycles. The third-order valence-electron chi connectivity index (χ3n) is 1.34. The second-order valence-electron chi connectivity index (χ2n) is 2.19. The topological polar surface area (TPSA) is 21.6 Å². The molecule has 2 nitrogen and oxygen atoms in total. The molecule has 0 aliphatic carbocycles. The first-order valence-corrected chi connectivity index (χ1v) is 3.86. The number of hydrogen-bond donors (Lipinski definition) is 0. The van der Waals surface area contributed by atoms with Crippen molar-refractivity contribution in [1.29, 1.82) is 0 Å². The molecule has 10 heavy (non-hydrogen) atoms. The largest absolute Gasteiger partial charge is 0.381 e. The van der Waals surface area contributed by atoms with Gasteiger partial charge in [-0.2, -0.15) is 0 Å². The molecule has 0 unspecified atom stereocenters. The van der Waals surface area contributed by atoms with Gasteiger partial charge >= 0.3 is 0 Å². The third-order valence-corrected chi connectivity index (χ3v) is 1.34. The van der Waals surface area contributed by atoms with E-state index in [-0.39, 0.29) is 0 Å². The van der Waals surface area contributed by atoms with Gasteiger partial charge in [0.15, 0.2) is 0 Å². The molecule has 1 rings (SSSR count). The molecular formula is C8H17NO. The molecule has 1 aliphatic heterocycles. The first kappa shape index (κ1) is 9.63. The van der Waals surface area contributed by atoms with Gasteiger partial charge in [-0.1, -0.05) is 0 Å². The van der Waals surface area contributed by atoms with E-state index in [1.165, 1.54) is 19.3 Å². The lowest BCUT2D eigenvalue weighted by molar-refractivity contribution is 0.0968. The highest BCUT2D eigenvalue weighted by molar-refractivity contribution is 5.52. The molecule has 0 aromatic heterocycles. The van der Waals surface area contributed by atoms with Gasteiger partial charge in [0.25, 0.3) is 0 Å². The smallest absolute Gasteiger partial charge is 0.0466 e. The van der Waals surface area contributed by atoms with Crippen molar-refractivity contribution in [3.05, 3.63) is 0 Å². The standard InChI is InChI=1S/C5H10O.C3H7N/c1-2-4-6-5-3-1;1-3-4-2/h1-5H2;3H,1-2H3. The van der Waals surface area contributed by atoms with Gasteiger partial charge in [-0.25, -0.2) is 0 Å². The highest BCUT2D eigenvalue weighted by Gasteiger charge is 1.94. The summed E-state index contributed by atoms with van der Waals surface area (Å²) in [4.78, 5) is 3.61. The molecule has 0 atom stereocenters. The van der Waals surface area contributed by atoms with Crippen molar-refractivity contribution in [3.8, 4) is 0 Å². The maximum Gasteiger partial charge on any atom is 0.0466 e. The first-order valence-electron chi connectivity index (χ1n) is 3.86.